The van der Waals surface area contributed by atoms with Crippen LogP contribution < -0.4 is 33.2 Å². The van der Waals surface area contributed by atoms with Crippen molar-refractivity contribution in [2.24, 2.45) is 22.2 Å². The average Bonchev–Trinajstić information content (AvgIpc) is 3.36. The molecule has 4 atom stereocenters. The van der Waals surface area contributed by atoms with Crippen molar-refractivity contribution < 1.29 is 24.3 Å². The van der Waals surface area contributed by atoms with Crippen LogP contribution in [0.1, 0.15) is 30.9 Å². The number of carbonyl (C=O) groups is 4. The summed E-state index contributed by atoms with van der Waals surface area (Å²) < 4.78 is 0. The number of carboxylic acid groups (broad SMARTS) is 1. The van der Waals surface area contributed by atoms with Gasteiger partial charge in [-0.15, -0.1) is 0 Å². The molecule has 0 bridgehead atoms. The molecule has 0 saturated carbocycles. The van der Waals surface area contributed by atoms with Crippen LogP contribution in [-0.2, 0) is 32.0 Å². The predicted octanol–water partition coefficient (Wildman–Crippen LogP) is -0.107. The van der Waals surface area contributed by atoms with Crippen LogP contribution in [0.5, 0.6) is 0 Å². The molecule has 224 valence electrons. The Kier molecular flexibility index (Phi) is 11.4. The van der Waals surface area contributed by atoms with Crippen LogP contribution in [0, 0.1) is 0 Å². The van der Waals surface area contributed by atoms with E-state index in [1.807, 2.05) is 30.3 Å². The van der Waals surface area contributed by atoms with Crippen LogP contribution >= 0.6 is 0 Å². The maximum absolute atomic E-state index is 13.7. The Morgan fingerprint density at radius 1 is 0.857 bits per heavy atom. The van der Waals surface area contributed by atoms with Crippen LogP contribution in [0.15, 0.2) is 65.8 Å². The number of nitrogens with zero attached hydrogens (tertiary/aromatic N) is 1. The molecule has 13 heteroatoms. The number of aromatic nitrogens is 1. The van der Waals surface area contributed by atoms with E-state index in [1.165, 1.54) is 6.92 Å². The normalized spacial score (nSPS) is 13.8. The van der Waals surface area contributed by atoms with E-state index in [0.717, 1.165) is 22.0 Å². The van der Waals surface area contributed by atoms with Crippen LogP contribution in [0.3, 0.4) is 0 Å². The molecule has 3 rings (SSSR count). The maximum Gasteiger partial charge on any atom is 0.326 e. The Labute approximate surface area is 243 Å². The zero-order chi connectivity index (χ0) is 30.6. The lowest BCUT2D eigenvalue weighted by Crippen LogP contribution is -2.58. The first kappa shape index (κ1) is 31.6. The van der Waals surface area contributed by atoms with Gasteiger partial charge in [0.15, 0.2) is 5.96 Å². The highest BCUT2D eigenvalue weighted by Gasteiger charge is 2.30. The Balaban J connectivity index is 1.83. The Bertz CT molecular complexity index is 1400. The van der Waals surface area contributed by atoms with Crippen molar-refractivity contribution in [1.82, 2.24) is 20.9 Å². The summed E-state index contributed by atoms with van der Waals surface area (Å²) in [6.45, 7) is 1.70. The summed E-state index contributed by atoms with van der Waals surface area (Å²) in [6, 6.07) is 12.2. The lowest BCUT2D eigenvalue weighted by atomic mass is 10.0. The Hall–Kier alpha value is -4.91. The van der Waals surface area contributed by atoms with Gasteiger partial charge < -0.3 is 43.2 Å². The summed E-state index contributed by atoms with van der Waals surface area (Å²) in [6.07, 6.45) is 2.34. The van der Waals surface area contributed by atoms with Gasteiger partial charge in [0.1, 0.15) is 18.1 Å². The molecular formula is C29H38N8O5. The molecule has 3 amide bonds. The number of aliphatic carboxylic acids is 1. The number of carboxylic acids is 1. The topological polar surface area (TPSA) is 231 Å². The third-order valence-electron chi connectivity index (χ3n) is 6.62. The number of amides is 3. The molecule has 0 saturated heterocycles. The molecule has 1 aromatic heterocycles. The zero-order valence-electron chi connectivity index (χ0n) is 23.4. The number of rotatable bonds is 15. The van der Waals surface area contributed by atoms with E-state index in [4.69, 9.17) is 17.2 Å². The van der Waals surface area contributed by atoms with Crippen molar-refractivity contribution in [3.63, 3.8) is 0 Å². The highest BCUT2D eigenvalue weighted by Crippen LogP contribution is 2.19. The maximum atomic E-state index is 13.7. The van der Waals surface area contributed by atoms with Gasteiger partial charge in [0, 0.05) is 36.5 Å². The number of para-hydroxylation sites is 1. The smallest absolute Gasteiger partial charge is 0.326 e. The Morgan fingerprint density at radius 3 is 2.10 bits per heavy atom. The zero-order valence-corrected chi connectivity index (χ0v) is 23.4. The molecule has 13 nitrogen and oxygen atoms in total. The van der Waals surface area contributed by atoms with Crippen LogP contribution in [-0.4, -0.2) is 70.5 Å². The first-order valence-corrected chi connectivity index (χ1v) is 13.6. The van der Waals surface area contributed by atoms with Crippen LogP contribution in [0.4, 0.5) is 0 Å². The van der Waals surface area contributed by atoms with Gasteiger partial charge in [0.2, 0.25) is 17.7 Å². The van der Waals surface area contributed by atoms with Gasteiger partial charge in [-0.2, -0.15) is 0 Å². The third kappa shape index (κ3) is 9.34. The van der Waals surface area contributed by atoms with E-state index >= 15 is 0 Å². The second kappa shape index (κ2) is 15.2. The minimum atomic E-state index is -1.24. The standard InChI is InChI=1S/C29H38N8O5/c1-17(30)25(38)36-24(15-19-16-34-21-11-6-5-10-20(19)21)27(40)37-23(14-18-8-3-2-4-9-18)26(39)35-22(28(41)42)12-7-13-33-29(31)32/h2-6,8-11,16-17,22-24,34H,7,12-15,30H2,1H3,(H,35,39)(H,36,38)(H,37,40)(H,41,42)(H4,31,32,33). The molecule has 1 heterocycles. The van der Waals surface area contributed by atoms with Gasteiger partial charge >= 0.3 is 5.97 Å². The van der Waals surface area contributed by atoms with Gasteiger partial charge in [-0.25, -0.2) is 4.79 Å². The number of carbonyl (C=O) groups excluding carboxylic acids is 3. The molecule has 0 radical (unpaired) electrons. The second-order valence-corrected chi connectivity index (χ2v) is 10.0. The molecule has 0 aliphatic carbocycles. The summed E-state index contributed by atoms with van der Waals surface area (Å²) in [5.74, 6) is -3.20. The van der Waals surface area contributed by atoms with E-state index in [1.54, 1.807) is 30.5 Å². The molecule has 0 aliphatic heterocycles. The average molecular weight is 579 g/mol. The first-order chi connectivity index (χ1) is 20.0. The predicted molar refractivity (Wildman–Crippen MR) is 159 cm³/mol. The fourth-order valence-corrected chi connectivity index (χ4v) is 4.40. The fraction of sp³-hybridized carbons (Fsp3) is 0.345. The SMILES string of the molecule is CC(N)C(=O)NC(Cc1c[nH]c2ccccc12)C(=O)NC(Cc1ccccc1)C(=O)NC(CCCN=C(N)N)C(=O)O. The number of aromatic amines is 1. The van der Waals surface area contributed by atoms with Crippen molar-refractivity contribution in [3.05, 3.63) is 71.9 Å². The minimum Gasteiger partial charge on any atom is -0.480 e. The third-order valence-corrected chi connectivity index (χ3v) is 6.62. The van der Waals surface area contributed by atoms with Gasteiger partial charge in [-0.1, -0.05) is 48.5 Å². The van der Waals surface area contributed by atoms with Gasteiger partial charge in [-0.3, -0.25) is 19.4 Å². The van der Waals surface area contributed by atoms with Crippen LogP contribution in [0.25, 0.3) is 10.9 Å². The highest BCUT2D eigenvalue weighted by molar-refractivity contribution is 5.95. The molecule has 0 spiro atoms. The summed E-state index contributed by atoms with van der Waals surface area (Å²) in [5, 5.41) is 18.5. The summed E-state index contributed by atoms with van der Waals surface area (Å²) in [7, 11) is 0. The van der Waals surface area contributed by atoms with Crippen LogP contribution in [0.2, 0.25) is 0 Å². The van der Waals surface area contributed by atoms with E-state index < -0.39 is 47.9 Å². The first-order valence-electron chi connectivity index (χ1n) is 13.6. The van der Waals surface area contributed by atoms with Crippen molar-refractivity contribution >= 4 is 40.6 Å². The largest absolute Gasteiger partial charge is 0.480 e. The van der Waals surface area contributed by atoms with Crippen molar-refractivity contribution in [2.45, 2.75) is 56.8 Å². The minimum absolute atomic E-state index is 0.0670. The lowest BCUT2D eigenvalue weighted by Gasteiger charge is -2.25. The Morgan fingerprint density at radius 2 is 1.45 bits per heavy atom. The van der Waals surface area contributed by atoms with Gasteiger partial charge in [0.25, 0.3) is 0 Å². The number of H-pyrrole nitrogens is 1. The van der Waals surface area contributed by atoms with Gasteiger partial charge in [0.05, 0.1) is 6.04 Å². The summed E-state index contributed by atoms with van der Waals surface area (Å²) in [5.41, 5.74) is 18.8. The number of nitrogens with two attached hydrogens (primary N) is 3. The lowest BCUT2D eigenvalue weighted by molar-refractivity contribution is -0.142. The molecule has 42 heavy (non-hydrogen) atoms. The van der Waals surface area contributed by atoms with E-state index in [-0.39, 0.29) is 31.8 Å². The fourth-order valence-electron chi connectivity index (χ4n) is 4.40. The van der Waals surface area contributed by atoms with E-state index in [0.29, 0.717) is 6.42 Å². The number of benzene rings is 2. The molecule has 4 unspecified atom stereocenters. The van der Waals surface area contributed by atoms with E-state index in [2.05, 4.69) is 25.9 Å². The van der Waals surface area contributed by atoms with Gasteiger partial charge in [-0.05, 0) is 37.0 Å². The summed E-state index contributed by atoms with van der Waals surface area (Å²) in [4.78, 5) is 58.5. The second-order valence-electron chi connectivity index (χ2n) is 10.0. The molecule has 0 fully saturated rings. The molecular weight excluding hydrogens is 540 g/mol. The number of aliphatic imine (C=N–C) groups is 1. The quantitative estimate of drug-likeness (QED) is 0.0687. The summed E-state index contributed by atoms with van der Waals surface area (Å²) >= 11 is 0. The van der Waals surface area contributed by atoms with Crippen molar-refractivity contribution in [1.29, 1.82) is 0 Å². The van der Waals surface area contributed by atoms with Crippen molar-refractivity contribution in [2.75, 3.05) is 6.54 Å². The number of guanidine groups is 1. The highest BCUT2D eigenvalue weighted by atomic mass is 16.4. The monoisotopic (exact) mass is 578 g/mol. The molecule has 0 aliphatic rings. The number of hydrogen-bond donors (Lipinski definition) is 8. The number of fused-ring (bicyclic) bond motifs is 1. The number of hydrogen-bond acceptors (Lipinski definition) is 6. The molecule has 11 N–H and O–H groups in total. The molecule has 2 aromatic carbocycles. The van der Waals surface area contributed by atoms with E-state index in [9.17, 15) is 24.3 Å². The number of nitrogens with one attached hydrogen (secondary N) is 4. The molecule has 3 aromatic rings. The van der Waals surface area contributed by atoms with Crippen molar-refractivity contribution in [3.8, 4) is 0 Å².